The van der Waals surface area contributed by atoms with E-state index in [4.69, 9.17) is 10.5 Å². The zero-order valence-corrected chi connectivity index (χ0v) is 18.9. The molecular weight excluding hydrogens is 447 g/mol. The number of ketones is 1. The van der Waals surface area contributed by atoms with Crippen molar-refractivity contribution in [1.82, 2.24) is 4.98 Å². The first-order chi connectivity index (χ1) is 15.9. The summed E-state index contributed by atoms with van der Waals surface area (Å²) in [5.41, 5.74) is 6.64. The van der Waals surface area contributed by atoms with Gasteiger partial charge in [-0.15, -0.1) is 0 Å². The average molecular weight is 471 g/mol. The Kier molecular flexibility index (Phi) is 5.75. The number of allylic oxidation sites excluding steroid dienone is 2. The van der Waals surface area contributed by atoms with Crippen molar-refractivity contribution in [3.8, 4) is 0 Å². The highest BCUT2D eigenvalue weighted by Crippen LogP contribution is 2.50. The molecule has 2 N–H and O–H groups in total. The van der Waals surface area contributed by atoms with E-state index in [0.29, 0.717) is 23.3 Å². The number of hydrogen-bond acceptors (Lipinski definition) is 6. The van der Waals surface area contributed by atoms with E-state index in [-0.39, 0.29) is 29.3 Å². The van der Waals surface area contributed by atoms with Crippen LogP contribution in [-0.4, -0.2) is 23.8 Å². The molecule has 2 aliphatic rings. The predicted octanol–water partition coefficient (Wildman–Crippen LogP) is 4.69. The van der Waals surface area contributed by atoms with Gasteiger partial charge in [0, 0.05) is 35.8 Å². The SMILES string of the molecule is COC(=O)C1=C(N)N(c2cccc(C(F)(F)F)c2)C2=C(C(=O)CC(C)(C)C2)[C@@H]1c1cccnc1. The van der Waals surface area contributed by atoms with Crippen LogP contribution in [0.5, 0.6) is 0 Å². The molecule has 0 saturated heterocycles. The topological polar surface area (TPSA) is 85.5 Å². The number of esters is 1. The summed E-state index contributed by atoms with van der Waals surface area (Å²) in [4.78, 5) is 32.0. The van der Waals surface area contributed by atoms with Crippen LogP contribution in [0.2, 0.25) is 0 Å². The second-order valence-electron chi connectivity index (χ2n) is 9.19. The minimum atomic E-state index is -4.58. The van der Waals surface area contributed by atoms with Gasteiger partial charge in [0.25, 0.3) is 0 Å². The van der Waals surface area contributed by atoms with Crippen molar-refractivity contribution in [2.45, 2.75) is 38.8 Å². The largest absolute Gasteiger partial charge is 0.466 e. The summed E-state index contributed by atoms with van der Waals surface area (Å²) in [5.74, 6) is -1.90. The summed E-state index contributed by atoms with van der Waals surface area (Å²) >= 11 is 0. The molecule has 0 amide bonds. The van der Waals surface area contributed by atoms with Crippen LogP contribution >= 0.6 is 0 Å². The molecule has 0 unspecified atom stereocenters. The molecule has 178 valence electrons. The van der Waals surface area contributed by atoms with Gasteiger partial charge in [-0.3, -0.25) is 14.7 Å². The van der Waals surface area contributed by atoms with Crippen LogP contribution in [0.1, 0.15) is 43.7 Å². The summed E-state index contributed by atoms with van der Waals surface area (Å²) in [5, 5.41) is 0. The van der Waals surface area contributed by atoms with E-state index in [1.165, 1.54) is 24.1 Å². The van der Waals surface area contributed by atoms with Gasteiger partial charge >= 0.3 is 12.1 Å². The van der Waals surface area contributed by atoms with Crippen molar-refractivity contribution in [1.29, 1.82) is 0 Å². The molecule has 1 atom stereocenters. The quantitative estimate of drug-likeness (QED) is 0.654. The number of aromatic nitrogens is 1. The standard InChI is InChI=1S/C25H24F3N3O3/c1-24(2)11-17-20(18(32)12-24)19(14-6-5-9-30-13-14)21(23(33)34-3)22(29)31(17)16-8-4-7-15(10-16)25(26,27)28/h4-10,13,19H,11-12,29H2,1-3H3/t19-/m0/s1. The fourth-order valence-corrected chi connectivity index (χ4v) is 4.72. The predicted molar refractivity (Wildman–Crippen MR) is 119 cm³/mol. The van der Waals surface area contributed by atoms with Gasteiger partial charge in [0.05, 0.1) is 24.2 Å². The fraction of sp³-hybridized carbons (Fsp3) is 0.320. The first-order valence-corrected chi connectivity index (χ1v) is 10.7. The first kappa shape index (κ1) is 23.5. The number of carbonyl (C=O) groups is 2. The van der Waals surface area contributed by atoms with Crippen LogP contribution in [0, 0.1) is 5.41 Å². The lowest BCUT2D eigenvalue weighted by Crippen LogP contribution is -2.43. The molecular formula is C25H24F3N3O3. The summed E-state index contributed by atoms with van der Waals surface area (Å²) in [6.07, 6.45) is -0.887. The number of nitrogens with zero attached hydrogens (tertiary/aromatic N) is 2. The van der Waals surface area contributed by atoms with Gasteiger partial charge < -0.3 is 10.5 Å². The highest BCUT2D eigenvalue weighted by molar-refractivity contribution is 6.05. The molecule has 0 saturated carbocycles. The van der Waals surface area contributed by atoms with Gasteiger partial charge in [-0.2, -0.15) is 13.2 Å². The van der Waals surface area contributed by atoms with Crippen molar-refractivity contribution in [2.75, 3.05) is 12.0 Å². The van der Waals surface area contributed by atoms with Gasteiger partial charge in [0.15, 0.2) is 5.78 Å². The van der Waals surface area contributed by atoms with E-state index in [0.717, 1.165) is 12.1 Å². The van der Waals surface area contributed by atoms with Crippen LogP contribution < -0.4 is 10.6 Å². The van der Waals surface area contributed by atoms with E-state index >= 15 is 0 Å². The van der Waals surface area contributed by atoms with Crippen LogP contribution in [-0.2, 0) is 20.5 Å². The van der Waals surface area contributed by atoms with Gasteiger partial charge in [-0.1, -0.05) is 26.0 Å². The summed E-state index contributed by atoms with van der Waals surface area (Å²) in [7, 11) is 1.19. The molecule has 1 aliphatic heterocycles. The maximum Gasteiger partial charge on any atom is 0.416 e. The number of hydrogen-bond donors (Lipinski definition) is 1. The van der Waals surface area contributed by atoms with Crippen LogP contribution in [0.15, 0.2) is 71.5 Å². The van der Waals surface area contributed by atoms with Crippen molar-refractivity contribution >= 4 is 17.4 Å². The molecule has 1 aliphatic carbocycles. The average Bonchev–Trinajstić information content (AvgIpc) is 2.77. The number of benzene rings is 1. The number of Topliss-reactive ketones (excluding diaryl/α,β-unsaturated/α-hetero) is 1. The van der Waals surface area contributed by atoms with E-state index in [2.05, 4.69) is 4.98 Å². The molecule has 1 aromatic heterocycles. The van der Waals surface area contributed by atoms with E-state index in [1.54, 1.807) is 24.5 Å². The zero-order valence-electron chi connectivity index (χ0n) is 18.9. The van der Waals surface area contributed by atoms with Crippen molar-refractivity contribution < 1.29 is 27.5 Å². The lowest BCUT2D eigenvalue weighted by molar-refractivity contribution is -0.138. The maximum absolute atomic E-state index is 13.5. The first-order valence-electron chi connectivity index (χ1n) is 10.7. The number of halogens is 3. The molecule has 6 nitrogen and oxygen atoms in total. The minimum Gasteiger partial charge on any atom is -0.466 e. The lowest BCUT2D eigenvalue weighted by Gasteiger charge is -2.44. The molecule has 2 heterocycles. The smallest absolute Gasteiger partial charge is 0.416 e. The highest BCUT2D eigenvalue weighted by atomic mass is 19.4. The number of ether oxygens (including phenoxy) is 1. The normalized spacial score (nSPS) is 20.4. The molecule has 0 bridgehead atoms. The van der Waals surface area contributed by atoms with Gasteiger partial charge in [-0.05, 0) is 41.7 Å². The van der Waals surface area contributed by atoms with Crippen LogP contribution in [0.3, 0.4) is 0 Å². The van der Waals surface area contributed by atoms with E-state index < -0.39 is 29.0 Å². The Morgan fingerprint density at radius 1 is 1.21 bits per heavy atom. The number of carbonyl (C=O) groups excluding carboxylic acids is 2. The van der Waals surface area contributed by atoms with Gasteiger partial charge in [-0.25, -0.2) is 4.79 Å². The molecule has 9 heteroatoms. The third-order valence-corrected chi connectivity index (χ3v) is 6.12. The minimum absolute atomic E-state index is 0.0142. The monoisotopic (exact) mass is 471 g/mol. The number of pyridine rings is 1. The Morgan fingerprint density at radius 2 is 1.94 bits per heavy atom. The summed E-state index contributed by atoms with van der Waals surface area (Å²) < 4.78 is 45.4. The number of anilines is 1. The third-order valence-electron chi connectivity index (χ3n) is 6.12. The fourth-order valence-electron chi connectivity index (χ4n) is 4.72. The Balaban J connectivity index is 2.03. The second kappa shape index (κ2) is 8.30. The number of nitrogens with two attached hydrogens (primary N) is 1. The van der Waals surface area contributed by atoms with Crippen LogP contribution in [0.25, 0.3) is 0 Å². The van der Waals surface area contributed by atoms with Crippen molar-refractivity contribution in [2.24, 2.45) is 11.1 Å². The molecule has 34 heavy (non-hydrogen) atoms. The zero-order chi connectivity index (χ0) is 24.8. The molecule has 4 rings (SSSR count). The third kappa shape index (κ3) is 4.06. The summed E-state index contributed by atoms with van der Waals surface area (Å²) in [6, 6.07) is 8.06. The van der Waals surface area contributed by atoms with Crippen molar-refractivity contribution in [3.05, 3.63) is 82.6 Å². The maximum atomic E-state index is 13.5. The Hall–Kier alpha value is -3.62. The molecule has 2 aromatic rings. The summed E-state index contributed by atoms with van der Waals surface area (Å²) in [6.45, 7) is 3.82. The molecule has 1 aromatic carbocycles. The van der Waals surface area contributed by atoms with Gasteiger partial charge in [0.2, 0.25) is 0 Å². The molecule has 0 spiro atoms. The molecule has 0 radical (unpaired) electrons. The van der Waals surface area contributed by atoms with E-state index in [1.807, 2.05) is 13.8 Å². The Bertz CT molecular complexity index is 1220. The van der Waals surface area contributed by atoms with Gasteiger partial charge in [0.1, 0.15) is 5.82 Å². The Morgan fingerprint density at radius 3 is 2.56 bits per heavy atom. The second-order valence-corrected chi connectivity index (χ2v) is 9.19. The van der Waals surface area contributed by atoms with E-state index in [9.17, 15) is 22.8 Å². The lowest BCUT2D eigenvalue weighted by atomic mass is 9.68. The Labute approximate surface area is 194 Å². The number of alkyl halides is 3. The van der Waals surface area contributed by atoms with Crippen molar-refractivity contribution in [3.63, 3.8) is 0 Å². The molecule has 0 fully saturated rings. The highest BCUT2D eigenvalue weighted by Gasteiger charge is 2.46. The number of rotatable bonds is 3. The number of methoxy groups -OCH3 is 1. The van der Waals surface area contributed by atoms with Crippen LogP contribution in [0.4, 0.5) is 18.9 Å².